The number of guanidine groups is 1. The van der Waals surface area contributed by atoms with Crippen LogP contribution in [0, 0.1) is 5.92 Å². The molecule has 0 saturated carbocycles. The summed E-state index contributed by atoms with van der Waals surface area (Å²) < 4.78 is 10.1. The van der Waals surface area contributed by atoms with Gasteiger partial charge in [0, 0.05) is 38.4 Å². The first-order chi connectivity index (χ1) is 19.8. The molecule has 0 aliphatic carbocycles. The number of carbonyl (C=O) groups excluding carboxylic acids is 2. The molecular formula is C29H42N6O6. The highest BCUT2D eigenvalue weighted by Gasteiger charge is 2.19. The van der Waals surface area contributed by atoms with Crippen molar-refractivity contribution in [2.24, 2.45) is 16.6 Å². The van der Waals surface area contributed by atoms with Crippen LogP contribution in [0.2, 0.25) is 0 Å². The molecule has 41 heavy (non-hydrogen) atoms. The second kappa shape index (κ2) is 18.7. The molecule has 2 aliphatic heterocycles. The first-order valence-electron chi connectivity index (χ1n) is 13.7. The van der Waals surface area contributed by atoms with Crippen molar-refractivity contribution in [1.29, 1.82) is 0 Å². The number of carboxylic acids is 1. The Hall–Kier alpha value is -4.48. The predicted molar refractivity (Wildman–Crippen MR) is 159 cm³/mol. The van der Waals surface area contributed by atoms with Crippen LogP contribution >= 0.6 is 0 Å². The molecule has 224 valence electrons. The number of primary amides is 1. The van der Waals surface area contributed by atoms with Crippen molar-refractivity contribution < 1.29 is 29.0 Å². The monoisotopic (exact) mass is 570 g/mol. The Labute approximate surface area is 241 Å². The first kappa shape index (κ1) is 32.7. The standard InChI is InChI=1S/C17H26N4O.C8H9NO2.C4H7NO3/c1-13-6-10-21(11-7-13)15-12-14(4-5-16(15)22-2)20-17-18-8-3-9-19-17;9-8(10)11-6-7-4-2-1-3-5-7;6-3-5-2-1-4(7)8/h4-5,12-13H,3,6-11H2,1-2H3,(H2,18,19,20);1-5H,6H2,(H2,9,10);3H,1-2H2,(H,5,6)(H,7,8). The summed E-state index contributed by atoms with van der Waals surface area (Å²) in [4.78, 5) is 36.3. The SMILES string of the molecule is COc1ccc(NC2=NCCCN2)cc1N1CCC(C)CC1.NC(=O)OCc1ccccc1.O=CNCCC(=O)O. The van der Waals surface area contributed by atoms with Gasteiger partial charge in [-0.15, -0.1) is 0 Å². The Balaban J connectivity index is 0.000000258. The maximum absolute atomic E-state index is 10.2. The van der Waals surface area contributed by atoms with E-state index >= 15 is 0 Å². The number of carboxylic acid groups (broad SMARTS) is 1. The fourth-order valence-electron chi connectivity index (χ4n) is 3.98. The number of methoxy groups -OCH3 is 1. The van der Waals surface area contributed by atoms with E-state index in [1.54, 1.807) is 7.11 Å². The van der Waals surface area contributed by atoms with Gasteiger partial charge in [0.1, 0.15) is 12.4 Å². The number of nitrogens with zero attached hydrogens (tertiary/aromatic N) is 2. The van der Waals surface area contributed by atoms with Crippen molar-refractivity contribution in [3.05, 3.63) is 54.1 Å². The number of aliphatic carboxylic acids is 1. The second-order valence-electron chi connectivity index (χ2n) is 9.50. The number of amides is 2. The van der Waals surface area contributed by atoms with Gasteiger partial charge in [-0.2, -0.15) is 0 Å². The molecule has 12 heteroatoms. The number of piperidine rings is 1. The zero-order chi connectivity index (χ0) is 29.9. The zero-order valence-corrected chi connectivity index (χ0v) is 23.8. The van der Waals surface area contributed by atoms with Crippen LogP contribution in [-0.4, -0.2) is 69.4 Å². The molecular weight excluding hydrogens is 528 g/mol. The molecule has 2 aliphatic rings. The van der Waals surface area contributed by atoms with Crippen molar-refractivity contribution in [3.63, 3.8) is 0 Å². The molecule has 12 nitrogen and oxygen atoms in total. The largest absolute Gasteiger partial charge is 0.495 e. The summed E-state index contributed by atoms with van der Waals surface area (Å²) in [5, 5.41) is 16.9. The summed E-state index contributed by atoms with van der Waals surface area (Å²) in [6.07, 6.45) is 3.31. The lowest BCUT2D eigenvalue weighted by atomic mass is 9.98. The molecule has 1 fully saturated rings. The van der Waals surface area contributed by atoms with Crippen molar-refractivity contribution in [3.8, 4) is 5.75 Å². The number of rotatable bonds is 9. The van der Waals surface area contributed by atoms with Crippen LogP contribution in [0.15, 0.2) is 53.5 Å². The summed E-state index contributed by atoms with van der Waals surface area (Å²) in [5.74, 6) is 1.73. The summed E-state index contributed by atoms with van der Waals surface area (Å²) in [6, 6.07) is 15.6. The molecule has 2 amide bonds. The van der Waals surface area contributed by atoms with Gasteiger partial charge in [0.05, 0.1) is 19.2 Å². The highest BCUT2D eigenvalue weighted by atomic mass is 16.5. The van der Waals surface area contributed by atoms with E-state index in [0.717, 1.165) is 61.5 Å². The number of benzene rings is 2. The normalized spacial score (nSPS) is 14.4. The highest BCUT2D eigenvalue weighted by molar-refractivity contribution is 5.94. The van der Waals surface area contributed by atoms with E-state index in [1.807, 2.05) is 42.5 Å². The molecule has 0 aromatic heterocycles. The van der Waals surface area contributed by atoms with Gasteiger partial charge in [0.15, 0.2) is 5.96 Å². The molecule has 2 heterocycles. The van der Waals surface area contributed by atoms with Crippen LogP contribution in [0.4, 0.5) is 16.2 Å². The summed E-state index contributed by atoms with van der Waals surface area (Å²) in [6.45, 7) is 6.86. The second-order valence-corrected chi connectivity index (χ2v) is 9.50. The van der Waals surface area contributed by atoms with Crippen molar-refractivity contribution >= 4 is 35.8 Å². The highest BCUT2D eigenvalue weighted by Crippen LogP contribution is 2.34. The van der Waals surface area contributed by atoms with Crippen LogP contribution in [-0.2, 0) is 20.9 Å². The van der Waals surface area contributed by atoms with Gasteiger partial charge >= 0.3 is 12.1 Å². The van der Waals surface area contributed by atoms with Gasteiger partial charge in [0.2, 0.25) is 6.41 Å². The lowest BCUT2D eigenvalue weighted by Gasteiger charge is -2.33. The molecule has 0 bridgehead atoms. The van der Waals surface area contributed by atoms with Gasteiger partial charge in [-0.25, -0.2) is 4.79 Å². The van der Waals surface area contributed by atoms with E-state index in [1.165, 1.54) is 18.5 Å². The maximum Gasteiger partial charge on any atom is 0.404 e. The third-order valence-corrected chi connectivity index (χ3v) is 6.25. The zero-order valence-electron chi connectivity index (χ0n) is 23.8. The minimum absolute atomic E-state index is 0.0151. The van der Waals surface area contributed by atoms with E-state index in [9.17, 15) is 14.4 Å². The molecule has 0 spiro atoms. The average molecular weight is 571 g/mol. The van der Waals surface area contributed by atoms with Gasteiger partial charge < -0.3 is 41.2 Å². The van der Waals surface area contributed by atoms with Gasteiger partial charge in [-0.3, -0.25) is 14.6 Å². The number of anilines is 2. The van der Waals surface area contributed by atoms with Crippen LogP contribution < -0.4 is 31.3 Å². The van der Waals surface area contributed by atoms with E-state index in [4.69, 9.17) is 15.6 Å². The molecule has 6 N–H and O–H groups in total. The Morgan fingerprint density at radius 3 is 2.51 bits per heavy atom. The third kappa shape index (κ3) is 13.4. The van der Waals surface area contributed by atoms with Gasteiger partial charge in [-0.1, -0.05) is 37.3 Å². The summed E-state index contributed by atoms with van der Waals surface area (Å²) in [5.41, 5.74) is 7.95. The molecule has 1 saturated heterocycles. The van der Waals surface area contributed by atoms with Crippen LogP contribution in [0.25, 0.3) is 0 Å². The van der Waals surface area contributed by atoms with Crippen LogP contribution in [0.5, 0.6) is 5.75 Å². The molecule has 2 aromatic carbocycles. The van der Waals surface area contributed by atoms with Crippen molar-refractivity contribution in [2.45, 2.75) is 39.2 Å². The quantitative estimate of drug-likeness (QED) is 0.225. The number of hydrogen-bond acceptors (Lipinski definition) is 9. The van der Waals surface area contributed by atoms with E-state index < -0.39 is 12.1 Å². The number of carbonyl (C=O) groups is 3. The lowest BCUT2D eigenvalue weighted by Crippen LogP contribution is -2.35. The fraction of sp³-hybridized carbons (Fsp3) is 0.448. The molecule has 0 atom stereocenters. The van der Waals surface area contributed by atoms with Crippen molar-refractivity contribution in [2.75, 3.05) is 50.1 Å². The Bertz CT molecular complexity index is 1110. The number of hydrogen-bond donors (Lipinski definition) is 5. The third-order valence-electron chi connectivity index (χ3n) is 6.25. The smallest absolute Gasteiger partial charge is 0.404 e. The Kier molecular flexibility index (Phi) is 15.0. The number of ether oxygens (including phenoxy) is 2. The van der Waals surface area contributed by atoms with E-state index in [2.05, 4.69) is 43.6 Å². The first-order valence-corrected chi connectivity index (χ1v) is 13.7. The van der Waals surface area contributed by atoms with Crippen molar-refractivity contribution in [1.82, 2.24) is 10.6 Å². The Morgan fingerprint density at radius 1 is 1.20 bits per heavy atom. The molecule has 4 rings (SSSR count). The summed E-state index contributed by atoms with van der Waals surface area (Å²) >= 11 is 0. The number of nitrogens with two attached hydrogens (primary N) is 1. The van der Waals surface area contributed by atoms with Gasteiger partial charge in [0.25, 0.3) is 0 Å². The molecule has 0 radical (unpaired) electrons. The number of aliphatic imine (C=N–C) groups is 1. The molecule has 0 unspecified atom stereocenters. The minimum atomic E-state index is -0.903. The van der Waals surface area contributed by atoms with Crippen LogP contribution in [0.1, 0.15) is 38.2 Å². The molecule has 2 aromatic rings. The summed E-state index contributed by atoms with van der Waals surface area (Å²) in [7, 11) is 1.74. The van der Waals surface area contributed by atoms with E-state index in [-0.39, 0.29) is 19.6 Å². The fourth-order valence-corrected chi connectivity index (χ4v) is 3.98. The van der Waals surface area contributed by atoms with Crippen LogP contribution in [0.3, 0.4) is 0 Å². The van der Waals surface area contributed by atoms with Gasteiger partial charge in [-0.05, 0) is 48.9 Å². The predicted octanol–water partition coefficient (Wildman–Crippen LogP) is 3.18. The van der Waals surface area contributed by atoms with E-state index in [0.29, 0.717) is 6.41 Å². The Morgan fingerprint density at radius 2 is 1.93 bits per heavy atom. The average Bonchev–Trinajstić information content (AvgIpc) is 2.98. The topological polar surface area (TPSA) is 168 Å². The minimum Gasteiger partial charge on any atom is -0.495 e. The maximum atomic E-state index is 10.2. The lowest BCUT2D eigenvalue weighted by molar-refractivity contribution is -0.136. The number of nitrogens with one attached hydrogen (secondary N) is 3.